The maximum absolute atomic E-state index is 11.9. The highest BCUT2D eigenvalue weighted by Gasteiger charge is 2.27. The van der Waals surface area contributed by atoms with Gasteiger partial charge in [-0.3, -0.25) is 0 Å². The van der Waals surface area contributed by atoms with Gasteiger partial charge in [-0.2, -0.15) is 0 Å². The van der Waals surface area contributed by atoms with Crippen LogP contribution < -0.4 is 0 Å². The Morgan fingerprint density at radius 2 is 2.11 bits per heavy atom. The van der Waals surface area contributed by atoms with E-state index in [4.69, 9.17) is 4.74 Å². The van der Waals surface area contributed by atoms with Crippen LogP contribution in [0.15, 0.2) is 30.3 Å². The Balaban J connectivity index is 1.84. The molecular formula is C14H19NO3. The molecule has 18 heavy (non-hydrogen) atoms. The highest BCUT2D eigenvalue weighted by molar-refractivity contribution is 5.67. The number of piperidine rings is 1. The number of rotatable bonds is 2. The molecule has 0 spiro atoms. The van der Waals surface area contributed by atoms with Gasteiger partial charge >= 0.3 is 6.09 Å². The lowest BCUT2D eigenvalue weighted by molar-refractivity contribution is 0.0290. The molecule has 1 aromatic rings. The molecule has 1 aromatic carbocycles. The number of hydrogen-bond donors (Lipinski definition) is 1. The first kappa shape index (κ1) is 12.9. The quantitative estimate of drug-likeness (QED) is 0.872. The van der Waals surface area contributed by atoms with E-state index in [1.165, 1.54) is 0 Å². The van der Waals surface area contributed by atoms with E-state index in [1.54, 1.807) is 4.90 Å². The van der Waals surface area contributed by atoms with Gasteiger partial charge in [0.15, 0.2) is 0 Å². The first-order chi connectivity index (χ1) is 8.65. The highest BCUT2D eigenvalue weighted by atomic mass is 16.6. The third kappa shape index (κ3) is 3.47. The van der Waals surface area contributed by atoms with Crippen molar-refractivity contribution < 1.29 is 14.6 Å². The second-order valence-corrected chi connectivity index (χ2v) is 4.94. The standard InChI is InChI=1S/C14H19NO3/c1-11-7-13(16)9-15(8-11)14(17)18-10-12-5-3-2-4-6-12/h2-6,11,13,16H,7-10H2,1H3. The van der Waals surface area contributed by atoms with Crippen LogP contribution in [0.1, 0.15) is 18.9 Å². The molecule has 0 aromatic heterocycles. The SMILES string of the molecule is CC1CC(O)CN(C(=O)OCc2ccccc2)C1. The molecule has 2 rings (SSSR count). The summed E-state index contributed by atoms with van der Waals surface area (Å²) in [6.07, 6.45) is -0.0230. The lowest BCUT2D eigenvalue weighted by atomic mass is 9.98. The first-order valence-corrected chi connectivity index (χ1v) is 6.29. The number of benzene rings is 1. The number of aliphatic hydroxyl groups excluding tert-OH is 1. The molecule has 2 unspecified atom stereocenters. The molecule has 4 nitrogen and oxygen atoms in total. The first-order valence-electron chi connectivity index (χ1n) is 6.29. The predicted octanol–water partition coefficient (Wildman–Crippen LogP) is 2.03. The summed E-state index contributed by atoms with van der Waals surface area (Å²) in [5, 5.41) is 9.63. The zero-order valence-electron chi connectivity index (χ0n) is 10.6. The molecule has 1 fully saturated rings. The van der Waals surface area contributed by atoms with Gasteiger partial charge in [0.05, 0.1) is 6.10 Å². The molecule has 0 bridgehead atoms. The zero-order valence-corrected chi connectivity index (χ0v) is 10.6. The van der Waals surface area contributed by atoms with Gasteiger partial charge in [-0.15, -0.1) is 0 Å². The third-order valence-corrected chi connectivity index (χ3v) is 3.10. The van der Waals surface area contributed by atoms with Crippen LogP contribution in [-0.2, 0) is 11.3 Å². The summed E-state index contributed by atoms with van der Waals surface area (Å²) in [6.45, 7) is 3.34. The van der Waals surface area contributed by atoms with E-state index in [0.29, 0.717) is 19.0 Å². The average Bonchev–Trinajstić information content (AvgIpc) is 2.36. The molecule has 0 saturated carbocycles. The fourth-order valence-electron chi connectivity index (χ4n) is 2.28. The van der Waals surface area contributed by atoms with E-state index in [2.05, 4.69) is 0 Å². The Morgan fingerprint density at radius 3 is 2.78 bits per heavy atom. The Bertz CT molecular complexity index is 383. The number of ether oxygens (including phenoxy) is 1. The van der Waals surface area contributed by atoms with Crippen LogP contribution >= 0.6 is 0 Å². The monoisotopic (exact) mass is 249 g/mol. The minimum atomic E-state index is -0.432. The molecule has 2 atom stereocenters. The van der Waals surface area contributed by atoms with Gasteiger partial charge in [0.1, 0.15) is 6.61 Å². The summed E-state index contributed by atoms with van der Waals surface area (Å²) < 4.78 is 5.24. The van der Waals surface area contributed by atoms with E-state index < -0.39 is 6.10 Å². The van der Waals surface area contributed by atoms with Gasteiger partial charge < -0.3 is 14.7 Å². The molecule has 4 heteroatoms. The van der Waals surface area contributed by atoms with Crippen molar-refractivity contribution >= 4 is 6.09 Å². The molecule has 1 saturated heterocycles. The van der Waals surface area contributed by atoms with Crippen LogP contribution in [0.3, 0.4) is 0 Å². The summed E-state index contributed by atoms with van der Waals surface area (Å²) in [6, 6.07) is 9.59. The number of carbonyl (C=O) groups is 1. The van der Waals surface area contributed by atoms with Gasteiger partial charge in [0, 0.05) is 13.1 Å². The number of carbonyl (C=O) groups excluding carboxylic acids is 1. The molecule has 0 radical (unpaired) electrons. The van der Waals surface area contributed by atoms with Crippen molar-refractivity contribution in [1.82, 2.24) is 4.90 Å². The van der Waals surface area contributed by atoms with E-state index in [1.807, 2.05) is 37.3 Å². The van der Waals surface area contributed by atoms with E-state index in [0.717, 1.165) is 12.0 Å². The Morgan fingerprint density at radius 1 is 1.39 bits per heavy atom. The Hall–Kier alpha value is -1.55. The maximum Gasteiger partial charge on any atom is 0.410 e. The lowest BCUT2D eigenvalue weighted by Gasteiger charge is -2.33. The fourth-order valence-corrected chi connectivity index (χ4v) is 2.28. The summed E-state index contributed by atoms with van der Waals surface area (Å²) in [7, 11) is 0. The molecule has 1 aliphatic heterocycles. The molecule has 0 aliphatic carbocycles. The molecule has 1 N–H and O–H groups in total. The zero-order chi connectivity index (χ0) is 13.0. The summed E-state index contributed by atoms with van der Waals surface area (Å²) >= 11 is 0. The number of nitrogens with zero attached hydrogens (tertiary/aromatic N) is 1. The smallest absolute Gasteiger partial charge is 0.410 e. The molecule has 1 heterocycles. The average molecular weight is 249 g/mol. The van der Waals surface area contributed by atoms with Crippen LogP contribution in [0.2, 0.25) is 0 Å². The van der Waals surface area contributed by atoms with Crippen LogP contribution in [0.25, 0.3) is 0 Å². The second kappa shape index (κ2) is 5.87. The van der Waals surface area contributed by atoms with Crippen molar-refractivity contribution in [2.75, 3.05) is 13.1 Å². The topological polar surface area (TPSA) is 49.8 Å². The van der Waals surface area contributed by atoms with Crippen LogP contribution in [-0.4, -0.2) is 35.3 Å². The van der Waals surface area contributed by atoms with E-state index >= 15 is 0 Å². The number of likely N-dealkylation sites (tertiary alicyclic amines) is 1. The van der Waals surface area contributed by atoms with Crippen molar-refractivity contribution in [1.29, 1.82) is 0 Å². The second-order valence-electron chi connectivity index (χ2n) is 4.94. The fraction of sp³-hybridized carbons (Fsp3) is 0.500. The van der Waals surface area contributed by atoms with Gasteiger partial charge in [0.2, 0.25) is 0 Å². The van der Waals surface area contributed by atoms with E-state index in [-0.39, 0.29) is 12.7 Å². The van der Waals surface area contributed by atoms with Crippen molar-refractivity contribution in [3.8, 4) is 0 Å². The third-order valence-electron chi connectivity index (χ3n) is 3.10. The summed E-state index contributed by atoms with van der Waals surface area (Å²) in [5.74, 6) is 0.318. The number of aliphatic hydroxyl groups is 1. The number of hydrogen-bond acceptors (Lipinski definition) is 3. The largest absolute Gasteiger partial charge is 0.445 e. The Kier molecular flexibility index (Phi) is 4.20. The molecule has 98 valence electrons. The van der Waals surface area contributed by atoms with Crippen molar-refractivity contribution in [2.45, 2.75) is 26.1 Å². The number of amides is 1. The van der Waals surface area contributed by atoms with Crippen molar-refractivity contribution in [3.63, 3.8) is 0 Å². The minimum absolute atomic E-state index is 0.278. The van der Waals surface area contributed by atoms with E-state index in [9.17, 15) is 9.90 Å². The lowest BCUT2D eigenvalue weighted by Crippen LogP contribution is -2.45. The molecular weight excluding hydrogens is 230 g/mol. The van der Waals surface area contributed by atoms with Crippen LogP contribution in [0, 0.1) is 5.92 Å². The molecule has 1 aliphatic rings. The number of β-amino-alcohol motifs (C(OH)–C–C–N with tert-alkyl or cyclic N) is 1. The molecule has 1 amide bonds. The maximum atomic E-state index is 11.9. The van der Waals surface area contributed by atoms with Gasteiger partial charge in [-0.1, -0.05) is 37.3 Å². The summed E-state index contributed by atoms with van der Waals surface area (Å²) in [4.78, 5) is 13.4. The van der Waals surface area contributed by atoms with Gasteiger partial charge in [-0.05, 0) is 17.9 Å². The summed E-state index contributed by atoms with van der Waals surface area (Å²) in [5.41, 5.74) is 0.969. The van der Waals surface area contributed by atoms with Crippen molar-refractivity contribution in [3.05, 3.63) is 35.9 Å². The Labute approximate surface area is 107 Å². The normalized spacial score (nSPS) is 23.8. The van der Waals surface area contributed by atoms with Gasteiger partial charge in [0.25, 0.3) is 0 Å². The predicted molar refractivity (Wildman–Crippen MR) is 68.0 cm³/mol. The van der Waals surface area contributed by atoms with Crippen LogP contribution in [0.5, 0.6) is 0 Å². The van der Waals surface area contributed by atoms with Gasteiger partial charge in [-0.25, -0.2) is 4.79 Å². The highest BCUT2D eigenvalue weighted by Crippen LogP contribution is 2.17. The van der Waals surface area contributed by atoms with Crippen LogP contribution in [0.4, 0.5) is 4.79 Å². The minimum Gasteiger partial charge on any atom is -0.445 e. The van der Waals surface area contributed by atoms with Crippen molar-refractivity contribution in [2.24, 2.45) is 5.92 Å².